The summed E-state index contributed by atoms with van der Waals surface area (Å²) in [6.45, 7) is 2.11. The third-order valence-corrected chi connectivity index (χ3v) is 2.62. The van der Waals surface area contributed by atoms with Crippen molar-refractivity contribution in [2.75, 3.05) is 5.32 Å². The summed E-state index contributed by atoms with van der Waals surface area (Å²) < 4.78 is 4.88. The summed E-state index contributed by atoms with van der Waals surface area (Å²) in [7, 11) is 0. The number of benzene rings is 1. The zero-order chi connectivity index (χ0) is 13.8. The molecule has 0 aliphatic rings. The summed E-state index contributed by atoms with van der Waals surface area (Å²) >= 11 is 0. The van der Waals surface area contributed by atoms with Crippen LogP contribution in [-0.4, -0.2) is 16.2 Å². The average molecular weight is 257 g/mol. The maximum absolute atomic E-state index is 10.6. The Morgan fingerprint density at radius 1 is 1.58 bits per heavy atom. The number of nitrogens with zero attached hydrogens (tertiary/aromatic N) is 2. The number of aromatic nitrogens is 1. The van der Waals surface area contributed by atoms with Crippen molar-refractivity contribution in [3.8, 4) is 6.07 Å². The fraction of sp³-hybridized carbons (Fsp3) is 0.154. The predicted octanol–water partition coefficient (Wildman–Crippen LogP) is 2.17. The summed E-state index contributed by atoms with van der Waals surface area (Å²) in [5.41, 5.74) is 1.97. The second kappa shape index (κ2) is 5.23. The molecule has 0 amide bonds. The zero-order valence-corrected chi connectivity index (χ0v) is 10.2. The number of anilines is 1. The number of nitriles is 1. The molecule has 1 aromatic heterocycles. The summed E-state index contributed by atoms with van der Waals surface area (Å²) in [5, 5.41) is 24.2. The Hall–Kier alpha value is -2.81. The van der Waals surface area contributed by atoms with Gasteiger partial charge in [0.2, 0.25) is 0 Å². The highest BCUT2D eigenvalue weighted by Gasteiger charge is 2.11. The van der Waals surface area contributed by atoms with E-state index in [0.29, 0.717) is 17.0 Å². The van der Waals surface area contributed by atoms with Gasteiger partial charge in [-0.1, -0.05) is 17.3 Å². The molecule has 6 nitrogen and oxygen atoms in total. The quantitative estimate of drug-likeness (QED) is 0.870. The highest BCUT2D eigenvalue weighted by atomic mass is 16.5. The molecule has 6 heteroatoms. The number of aryl methyl sites for hydroxylation is 1. The fourth-order valence-electron chi connectivity index (χ4n) is 1.64. The van der Waals surface area contributed by atoms with Gasteiger partial charge >= 0.3 is 5.97 Å². The number of nitrogens with one attached hydrogen (secondary N) is 1. The van der Waals surface area contributed by atoms with Crippen LogP contribution < -0.4 is 5.32 Å². The monoisotopic (exact) mass is 257 g/mol. The molecule has 0 atom stereocenters. The summed E-state index contributed by atoms with van der Waals surface area (Å²) in [6, 6.07) is 8.93. The number of rotatable bonds is 4. The molecule has 0 unspecified atom stereocenters. The average Bonchev–Trinajstić information content (AvgIpc) is 2.85. The zero-order valence-electron chi connectivity index (χ0n) is 10.2. The summed E-state index contributed by atoms with van der Waals surface area (Å²) in [5.74, 6) is -0.744. The second-order valence-electron chi connectivity index (χ2n) is 3.95. The van der Waals surface area contributed by atoms with Crippen molar-refractivity contribution in [3.63, 3.8) is 0 Å². The normalized spacial score (nSPS) is 9.89. The van der Waals surface area contributed by atoms with Crippen LogP contribution in [0.15, 0.2) is 28.8 Å². The second-order valence-corrected chi connectivity index (χ2v) is 3.95. The van der Waals surface area contributed by atoms with Gasteiger partial charge < -0.3 is 14.9 Å². The Kier molecular flexibility index (Phi) is 3.48. The number of carboxylic acids is 1. The Bertz CT molecular complexity index is 655. The molecule has 2 rings (SSSR count). The van der Waals surface area contributed by atoms with E-state index < -0.39 is 5.97 Å². The van der Waals surface area contributed by atoms with Gasteiger partial charge in [-0.3, -0.25) is 0 Å². The first kappa shape index (κ1) is 12.6. The van der Waals surface area contributed by atoms with Gasteiger partial charge in [0, 0.05) is 6.07 Å². The van der Waals surface area contributed by atoms with Crippen molar-refractivity contribution < 1.29 is 14.4 Å². The van der Waals surface area contributed by atoms with E-state index in [1.165, 1.54) is 6.07 Å². The molecule has 2 aromatic rings. The van der Waals surface area contributed by atoms with Gasteiger partial charge in [-0.05, 0) is 18.6 Å². The first-order valence-corrected chi connectivity index (χ1v) is 5.54. The van der Waals surface area contributed by atoms with E-state index in [9.17, 15) is 4.79 Å². The van der Waals surface area contributed by atoms with E-state index in [4.69, 9.17) is 14.9 Å². The van der Waals surface area contributed by atoms with Crippen LogP contribution in [0.25, 0.3) is 0 Å². The molecule has 0 spiro atoms. The Balaban J connectivity index is 2.12. The van der Waals surface area contributed by atoms with Gasteiger partial charge in [-0.2, -0.15) is 5.26 Å². The van der Waals surface area contributed by atoms with Crippen molar-refractivity contribution >= 4 is 11.7 Å². The van der Waals surface area contributed by atoms with E-state index in [2.05, 4.69) is 16.5 Å². The van der Waals surface area contributed by atoms with Crippen molar-refractivity contribution in [1.82, 2.24) is 5.16 Å². The van der Waals surface area contributed by atoms with E-state index in [-0.39, 0.29) is 12.2 Å². The maximum atomic E-state index is 10.6. The van der Waals surface area contributed by atoms with Gasteiger partial charge in [-0.25, -0.2) is 4.79 Å². The molecule has 0 aliphatic carbocycles. The molecule has 0 radical (unpaired) electrons. The number of aromatic carboxylic acids is 1. The molecule has 0 bridgehead atoms. The van der Waals surface area contributed by atoms with Gasteiger partial charge in [0.25, 0.3) is 0 Å². The minimum atomic E-state index is -1.14. The Morgan fingerprint density at radius 3 is 3.00 bits per heavy atom. The summed E-state index contributed by atoms with van der Waals surface area (Å²) in [4.78, 5) is 10.6. The van der Waals surface area contributed by atoms with Gasteiger partial charge in [0.1, 0.15) is 6.07 Å². The van der Waals surface area contributed by atoms with Crippen LogP contribution in [-0.2, 0) is 6.54 Å². The smallest absolute Gasteiger partial charge is 0.358 e. The molecule has 0 saturated heterocycles. The molecule has 1 heterocycles. The molecule has 1 aromatic carbocycles. The van der Waals surface area contributed by atoms with Crippen LogP contribution in [0.5, 0.6) is 0 Å². The molecular formula is C13H11N3O3. The van der Waals surface area contributed by atoms with Gasteiger partial charge in [0.05, 0.1) is 17.8 Å². The Labute approximate surface area is 109 Å². The van der Waals surface area contributed by atoms with Crippen LogP contribution >= 0.6 is 0 Å². The molecule has 96 valence electrons. The first-order chi connectivity index (χ1) is 9.11. The molecule has 2 N–H and O–H groups in total. The largest absolute Gasteiger partial charge is 0.476 e. The van der Waals surface area contributed by atoms with Crippen LogP contribution in [0.1, 0.15) is 27.4 Å². The molecule has 0 fully saturated rings. The SMILES string of the molecule is Cc1cccc(NCc2cc(C(=O)O)no2)c1C#N. The molecular weight excluding hydrogens is 246 g/mol. The van der Waals surface area contributed by atoms with E-state index in [1.807, 2.05) is 19.1 Å². The van der Waals surface area contributed by atoms with Crippen LogP contribution in [0, 0.1) is 18.3 Å². The molecule has 0 saturated carbocycles. The fourth-order valence-corrected chi connectivity index (χ4v) is 1.64. The Morgan fingerprint density at radius 2 is 2.37 bits per heavy atom. The first-order valence-electron chi connectivity index (χ1n) is 5.54. The lowest BCUT2D eigenvalue weighted by Gasteiger charge is -2.07. The van der Waals surface area contributed by atoms with Gasteiger partial charge in [0.15, 0.2) is 11.5 Å². The van der Waals surface area contributed by atoms with Crippen molar-refractivity contribution in [1.29, 1.82) is 5.26 Å². The highest BCUT2D eigenvalue weighted by molar-refractivity contribution is 5.85. The lowest BCUT2D eigenvalue weighted by molar-refractivity contribution is 0.0685. The number of hydrogen-bond acceptors (Lipinski definition) is 5. The molecule has 19 heavy (non-hydrogen) atoms. The number of carboxylic acid groups (broad SMARTS) is 1. The molecule has 0 aliphatic heterocycles. The van der Waals surface area contributed by atoms with E-state index >= 15 is 0 Å². The third kappa shape index (κ3) is 2.72. The minimum absolute atomic E-state index is 0.137. The van der Waals surface area contributed by atoms with E-state index in [1.54, 1.807) is 6.07 Å². The van der Waals surface area contributed by atoms with Crippen LogP contribution in [0.3, 0.4) is 0 Å². The van der Waals surface area contributed by atoms with Crippen molar-refractivity contribution in [3.05, 3.63) is 46.8 Å². The topological polar surface area (TPSA) is 99.2 Å². The minimum Gasteiger partial charge on any atom is -0.476 e. The van der Waals surface area contributed by atoms with Crippen LogP contribution in [0.4, 0.5) is 5.69 Å². The standard InChI is InChI=1S/C13H11N3O3/c1-8-3-2-4-11(10(8)6-14)15-7-9-5-12(13(17)18)16-19-9/h2-5,15H,7H2,1H3,(H,17,18). The van der Waals surface area contributed by atoms with Crippen molar-refractivity contribution in [2.45, 2.75) is 13.5 Å². The maximum Gasteiger partial charge on any atom is 0.358 e. The lowest BCUT2D eigenvalue weighted by Crippen LogP contribution is -2.01. The van der Waals surface area contributed by atoms with Gasteiger partial charge in [-0.15, -0.1) is 0 Å². The van der Waals surface area contributed by atoms with Crippen molar-refractivity contribution in [2.24, 2.45) is 0 Å². The number of hydrogen-bond donors (Lipinski definition) is 2. The summed E-state index contributed by atoms with van der Waals surface area (Å²) in [6.07, 6.45) is 0. The predicted molar refractivity (Wildman–Crippen MR) is 66.7 cm³/mol. The number of carbonyl (C=O) groups is 1. The van der Waals surface area contributed by atoms with Crippen LogP contribution in [0.2, 0.25) is 0 Å². The third-order valence-electron chi connectivity index (χ3n) is 2.62. The van der Waals surface area contributed by atoms with E-state index in [0.717, 1.165) is 5.56 Å². The highest BCUT2D eigenvalue weighted by Crippen LogP contribution is 2.19. The lowest BCUT2D eigenvalue weighted by atomic mass is 10.1.